The van der Waals surface area contributed by atoms with Crippen LogP contribution in [-0.2, 0) is 9.47 Å². The molecule has 0 saturated carbocycles. The second-order valence-corrected chi connectivity index (χ2v) is 4.96. The number of nitrogens with one attached hydrogen (secondary N) is 1. The summed E-state index contributed by atoms with van der Waals surface area (Å²) in [5.74, 6) is 0. The first-order chi connectivity index (χ1) is 9.29. The summed E-state index contributed by atoms with van der Waals surface area (Å²) in [6, 6.07) is 4.04. The Kier molecular flexibility index (Phi) is 5.17. The van der Waals surface area contributed by atoms with Gasteiger partial charge in [-0.05, 0) is 19.1 Å². The van der Waals surface area contributed by atoms with Crippen molar-refractivity contribution in [2.45, 2.75) is 6.92 Å². The molecule has 0 aliphatic carbocycles. The number of carbonyl (C=O) groups excluding carboxylic acids is 1. The Hall–Kier alpha value is -1.60. The van der Waals surface area contributed by atoms with E-state index in [-0.39, 0.29) is 0 Å². The SMILES string of the molecule is CCOC(=O)N/N=C/c1ccc(N2CCOCC2)s1. The fourth-order valence-electron chi connectivity index (χ4n) is 1.68. The molecule has 1 aromatic heterocycles. The highest BCUT2D eigenvalue weighted by molar-refractivity contribution is 7.17. The highest BCUT2D eigenvalue weighted by Crippen LogP contribution is 2.25. The van der Waals surface area contributed by atoms with Crippen LogP contribution in [-0.4, -0.2) is 45.2 Å². The maximum atomic E-state index is 11.0. The summed E-state index contributed by atoms with van der Waals surface area (Å²) in [4.78, 5) is 14.3. The number of rotatable bonds is 4. The quantitative estimate of drug-likeness (QED) is 0.674. The summed E-state index contributed by atoms with van der Waals surface area (Å²) < 4.78 is 10.0. The number of hydrogen-bond donors (Lipinski definition) is 1. The van der Waals surface area contributed by atoms with E-state index in [0.717, 1.165) is 31.2 Å². The third kappa shape index (κ3) is 4.22. The fourth-order valence-corrected chi connectivity index (χ4v) is 2.61. The van der Waals surface area contributed by atoms with Crippen molar-refractivity contribution in [2.75, 3.05) is 37.8 Å². The first-order valence-electron chi connectivity index (χ1n) is 6.18. The van der Waals surface area contributed by atoms with Crippen LogP contribution in [0.1, 0.15) is 11.8 Å². The van der Waals surface area contributed by atoms with Gasteiger partial charge in [0.25, 0.3) is 0 Å². The molecule has 0 aromatic carbocycles. The standard InChI is InChI=1S/C12H17N3O3S/c1-2-18-12(16)14-13-9-10-3-4-11(19-10)15-5-7-17-8-6-15/h3-4,9H,2,5-8H2,1H3,(H,14,16)/b13-9+. The molecule has 1 saturated heterocycles. The predicted molar refractivity (Wildman–Crippen MR) is 75.1 cm³/mol. The van der Waals surface area contributed by atoms with E-state index in [1.807, 2.05) is 6.07 Å². The molecule has 1 aromatic rings. The van der Waals surface area contributed by atoms with E-state index >= 15 is 0 Å². The van der Waals surface area contributed by atoms with Gasteiger partial charge in [0.15, 0.2) is 0 Å². The monoisotopic (exact) mass is 283 g/mol. The van der Waals surface area contributed by atoms with Crippen LogP contribution in [0.2, 0.25) is 0 Å². The number of anilines is 1. The number of thiophene rings is 1. The van der Waals surface area contributed by atoms with Gasteiger partial charge in [0.1, 0.15) is 0 Å². The van der Waals surface area contributed by atoms with Gasteiger partial charge in [0, 0.05) is 18.0 Å². The fraction of sp³-hybridized carbons (Fsp3) is 0.500. The van der Waals surface area contributed by atoms with Gasteiger partial charge in [-0.15, -0.1) is 11.3 Å². The molecule has 6 nitrogen and oxygen atoms in total. The molecule has 7 heteroatoms. The molecule has 1 amide bonds. The molecule has 1 N–H and O–H groups in total. The van der Waals surface area contributed by atoms with Gasteiger partial charge in [0.05, 0.1) is 31.0 Å². The lowest BCUT2D eigenvalue weighted by atomic mass is 10.4. The number of hydrogen-bond acceptors (Lipinski definition) is 6. The maximum Gasteiger partial charge on any atom is 0.427 e. The normalized spacial score (nSPS) is 15.7. The van der Waals surface area contributed by atoms with Gasteiger partial charge < -0.3 is 14.4 Å². The Bertz CT molecular complexity index is 441. The van der Waals surface area contributed by atoms with Crippen molar-refractivity contribution in [3.8, 4) is 0 Å². The largest absolute Gasteiger partial charge is 0.449 e. The van der Waals surface area contributed by atoms with Gasteiger partial charge >= 0.3 is 6.09 Å². The third-order valence-electron chi connectivity index (χ3n) is 2.56. The molecule has 0 unspecified atom stereocenters. The lowest BCUT2D eigenvalue weighted by molar-refractivity contribution is 0.123. The topological polar surface area (TPSA) is 63.2 Å². The lowest BCUT2D eigenvalue weighted by Gasteiger charge is -2.27. The molecule has 2 heterocycles. The summed E-state index contributed by atoms with van der Waals surface area (Å²) in [6.45, 7) is 5.45. The summed E-state index contributed by atoms with van der Waals surface area (Å²) in [7, 11) is 0. The van der Waals surface area contributed by atoms with Crippen LogP contribution in [0.5, 0.6) is 0 Å². The number of amides is 1. The average molecular weight is 283 g/mol. The van der Waals surface area contributed by atoms with Crippen molar-refractivity contribution in [3.05, 3.63) is 17.0 Å². The highest BCUT2D eigenvalue weighted by Gasteiger charge is 2.12. The van der Waals surface area contributed by atoms with Crippen molar-refractivity contribution in [1.29, 1.82) is 0 Å². The third-order valence-corrected chi connectivity index (χ3v) is 3.64. The maximum absolute atomic E-state index is 11.0. The van der Waals surface area contributed by atoms with E-state index in [0.29, 0.717) is 6.61 Å². The molecule has 19 heavy (non-hydrogen) atoms. The van der Waals surface area contributed by atoms with E-state index < -0.39 is 6.09 Å². The number of nitrogens with zero attached hydrogens (tertiary/aromatic N) is 2. The molecule has 1 fully saturated rings. The molecule has 0 spiro atoms. The van der Waals surface area contributed by atoms with Crippen LogP contribution in [0.3, 0.4) is 0 Å². The van der Waals surface area contributed by atoms with Crippen LogP contribution in [0.15, 0.2) is 17.2 Å². The summed E-state index contributed by atoms with van der Waals surface area (Å²) in [5, 5.41) is 5.03. The molecule has 104 valence electrons. The van der Waals surface area contributed by atoms with E-state index in [4.69, 9.17) is 9.47 Å². The van der Waals surface area contributed by atoms with E-state index in [9.17, 15) is 4.79 Å². The number of morpholine rings is 1. The zero-order valence-corrected chi connectivity index (χ0v) is 11.6. The molecule has 2 rings (SSSR count). The molecule has 0 bridgehead atoms. The van der Waals surface area contributed by atoms with Crippen molar-refractivity contribution in [2.24, 2.45) is 5.10 Å². The zero-order valence-electron chi connectivity index (χ0n) is 10.8. The Morgan fingerprint density at radius 2 is 2.37 bits per heavy atom. The average Bonchev–Trinajstić information content (AvgIpc) is 2.89. The number of carbonyl (C=O) groups is 1. The highest BCUT2D eigenvalue weighted by atomic mass is 32.1. The Morgan fingerprint density at radius 1 is 1.58 bits per heavy atom. The van der Waals surface area contributed by atoms with Crippen molar-refractivity contribution in [1.82, 2.24) is 5.43 Å². The minimum Gasteiger partial charge on any atom is -0.449 e. The Balaban J connectivity index is 1.86. The van der Waals surface area contributed by atoms with Gasteiger partial charge in [-0.1, -0.05) is 0 Å². The molecule has 0 radical (unpaired) electrons. The second-order valence-electron chi connectivity index (χ2n) is 3.87. The van der Waals surface area contributed by atoms with E-state index in [1.54, 1.807) is 24.5 Å². The predicted octanol–water partition coefficient (Wildman–Crippen LogP) is 1.66. The van der Waals surface area contributed by atoms with E-state index in [1.165, 1.54) is 5.00 Å². The van der Waals surface area contributed by atoms with E-state index in [2.05, 4.69) is 21.5 Å². The Labute approximate surface area is 116 Å². The van der Waals surface area contributed by atoms with Gasteiger partial charge in [-0.2, -0.15) is 5.10 Å². The molecular weight excluding hydrogens is 266 g/mol. The van der Waals surface area contributed by atoms with Crippen LogP contribution in [0.25, 0.3) is 0 Å². The summed E-state index contributed by atoms with van der Waals surface area (Å²) in [6.07, 6.45) is 1.08. The Morgan fingerprint density at radius 3 is 3.11 bits per heavy atom. The minimum atomic E-state index is -0.538. The first kappa shape index (κ1) is 13.8. The number of ether oxygens (including phenoxy) is 2. The van der Waals surface area contributed by atoms with Gasteiger partial charge in [-0.25, -0.2) is 10.2 Å². The molecule has 1 aliphatic heterocycles. The van der Waals surface area contributed by atoms with Gasteiger partial charge in [0.2, 0.25) is 0 Å². The second kappa shape index (κ2) is 7.10. The van der Waals surface area contributed by atoms with Crippen molar-refractivity contribution in [3.63, 3.8) is 0 Å². The first-order valence-corrected chi connectivity index (χ1v) is 6.99. The van der Waals surface area contributed by atoms with Crippen molar-refractivity contribution >= 4 is 28.6 Å². The van der Waals surface area contributed by atoms with Crippen LogP contribution >= 0.6 is 11.3 Å². The molecule has 0 atom stereocenters. The zero-order chi connectivity index (χ0) is 13.5. The van der Waals surface area contributed by atoms with Crippen LogP contribution in [0, 0.1) is 0 Å². The van der Waals surface area contributed by atoms with Crippen LogP contribution in [0.4, 0.5) is 9.80 Å². The molecule has 1 aliphatic rings. The lowest BCUT2D eigenvalue weighted by Crippen LogP contribution is -2.35. The minimum absolute atomic E-state index is 0.335. The van der Waals surface area contributed by atoms with Crippen LogP contribution < -0.4 is 10.3 Å². The summed E-state index contributed by atoms with van der Waals surface area (Å²) in [5.41, 5.74) is 2.30. The summed E-state index contributed by atoms with van der Waals surface area (Å²) >= 11 is 1.63. The smallest absolute Gasteiger partial charge is 0.427 e. The number of hydrazone groups is 1. The van der Waals surface area contributed by atoms with Gasteiger partial charge in [-0.3, -0.25) is 0 Å². The molecular formula is C12H17N3O3S. The van der Waals surface area contributed by atoms with Crippen molar-refractivity contribution < 1.29 is 14.3 Å².